The van der Waals surface area contributed by atoms with Crippen LogP contribution in [0.25, 0.3) is 0 Å². The number of aliphatic hydroxyl groups is 1. The summed E-state index contributed by atoms with van der Waals surface area (Å²) in [7, 11) is 0. The lowest BCUT2D eigenvalue weighted by Crippen LogP contribution is -2.54. The zero-order chi connectivity index (χ0) is 10.8. The summed E-state index contributed by atoms with van der Waals surface area (Å²) in [5.74, 6) is 0.101. The number of carbonyl (C=O) groups excluding carboxylic acids is 1. The van der Waals surface area contributed by atoms with E-state index in [9.17, 15) is 4.79 Å². The van der Waals surface area contributed by atoms with Crippen LogP contribution in [0.15, 0.2) is 24.3 Å². The summed E-state index contributed by atoms with van der Waals surface area (Å²) < 4.78 is 1.12. The number of nitrogens with zero attached hydrogens (tertiary/aromatic N) is 1. The Hall–Kier alpha value is -0.620. The molecule has 0 bridgehead atoms. The largest absolute Gasteiger partial charge is 0.389 e. The van der Waals surface area contributed by atoms with Crippen LogP contribution < -0.4 is 0 Å². The van der Waals surface area contributed by atoms with Gasteiger partial charge in [0.25, 0.3) is 0 Å². The van der Waals surface area contributed by atoms with Crippen LogP contribution in [-0.4, -0.2) is 35.1 Å². The quantitative estimate of drug-likeness (QED) is 0.828. The number of halogens is 1. The Kier molecular flexibility index (Phi) is 3.25. The van der Waals surface area contributed by atoms with Crippen LogP contribution in [0.1, 0.15) is 5.56 Å². The first kappa shape index (κ1) is 10.9. The van der Waals surface area contributed by atoms with E-state index in [1.165, 1.54) is 0 Å². The monoisotopic (exact) mass is 317 g/mol. The molecule has 1 heterocycles. The first-order valence-corrected chi connectivity index (χ1v) is 5.94. The van der Waals surface area contributed by atoms with Crippen molar-refractivity contribution in [2.75, 3.05) is 13.1 Å². The highest BCUT2D eigenvalue weighted by Crippen LogP contribution is 2.15. The summed E-state index contributed by atoms with van der Waals surface area (Å²) in [4.78, 5) is 13.4. The summed E-state index contributed by atoms with van der Waals surface area (Å²) in [6.45, 7) is 0.977. The van der Waals surface area contributed by atoms with E-state index in [0.29, 0.717) is 19.5 Å². The van der Waals surface area contributed by atoms with Gasteiger partial charge in [-0.3, -0.25) is 4.79 Å². The molecular weight excluding hydrogens is 305 g/mol. The fraction of sp³-hybridized carbons (Fsp3) is 0.364. The van der Waals surface area contributed by atoms with Crippen molar-refractivity contribution >= 4 is 28.5 Å². The third kappa shape index (κ3) is 2.49. The first-order chi connectivity index (χ1) is 7.16. The maximum atomic E-state index is 11.7. The molecule has 0 aromatic heterocycles. The van der Waals surface area contributed by atoms with E-state index in [1.807, 2.05) is 24.3 Å². The lowest BCUT2D eigenvalue weighted by atomic mass is 10.1. The molecule has 80 valence electrons. The average molecular weight is 317 g/mol. The van der Waals surface area contributed by atoms with E-state index >= 15 is 0 Å². The van der Waals surface area contributed by atoms with E-state index in [-0.39, 0.29) is 12.0 Å². The van der Waals surface area contributed by atoms with Crippen molar-refractivity contribution in [2.45, 2.75) is 12.5 Å². The van der Waals surface area contributed by atoms with Crippen LogP contribution >= 0.6 is 22.6 Å². The average Bonchev–Trinajstić information content (AvgIpc) is 2.17. The number of hydrogen-bond acceptors (Lipinski definition) is 2. The fourth-order valence-corrected chi connectivity index (χ4v) is 2.15. The van der Waals surface area contributed by atoms with Gasteiger partial charge in [-0.1, -0.05) is 18.2 Å². The maximum absolute atomic E-state index is 11.7. The molecule has 4 heteroatoms. The Morgan fingerprint density at radius 2 is 2.13 bits per heavy atom. The number of amides is 1. The highest BCUT2D eigenvalue weighted by atomic mass is 127. The number of rotatable bonds is 2. The van der Waals surface area contributed by atoms with Crippen molar-refractivity contribution in [3.05, 3.63) is 33.4 Å². The number of β-amino-alcohol motifs (C(OH)–C–C–N with tert-alkyl or cyclic N) is 1. The van der Waals surface area contributed by atoms with Gasteiger partial charge in [-0.25, -0.2) is 0 Å². The second-order valence-corrected chi connectivity index (χ2v) is 4.88. The van der Waals surface area contributed by atoms with E-state index in [1.54, 1.807) is 4.90 Å². The van der Waals surface area contributed by atoms with Gasteiger partial charge in [-0.05, 0) is 34.2 Å². The zero-order valence-electron chi connectivity index (χ0n) is 8.19. The molecule has 1 amide bonds. The van der Waals surface area contributed by atoms with Gasteiger partial charge in [-0.2, -0.15) is 0 Å². The van der Waals surface area contributed by atoms with Crippen LogP contribution in [0.5, 0.6) is 0 Å². The predicted molar refractivity (Wildman–Crippen MR) is 65.4 cm³/mol. The van der Waals surface area contributed by atoms with Gasteiger partial charge in [0.1, 0.15) is 0 Å². The molecule has 1 aliphatic rings. The minimum atomic E-state index is -0.316. The molecule has 0 unspecified atom stereocenters. The maximum Gasteiger partial charge on any atom is 0.227 e. The van der Waals surface area contributed by atoms with Gasteiger partial charge in [0, 0.05) is 16.7 Å². The number of likely N-dealkylation sites (tertiary alicyclic amines) is 1. The van der Waals surface area contributed by atoms with Crippen LogP contribution in [-0.2, 0) is 11.2 Å². The van der Waals surface area contributed by atoms with Gasteiger partial charge in [0.05, 0.1) is 12.5 Å². The summed E-state index contributed by atoms with van der Waals surface area (Å²) in [6.07, 6.45) is 0.120. The third-order valence-electron chi connectivity index (χ3n) is 2.51. The van der Waals surface area contributed by atoms with Crippen molar-refractivity contribution in [3.8, 4) is 0 Å². The molecule has 15 heavy (non-hydrogen) atoms. The smallest absolute Gasteiger partial charge is 0.227 e. The molecule has 3 nitrogen and oxygen atoms in total. The zero-order valence-corrected chi connectivity index (χ0v) is 10.3. The normalized spacial score (nSPS) is 16.3. The second-order valence-electron chi connectivity index (χ2n) is 3.72. The molecule has 0 spiro atoms. The fourth-order valence-electron chi connectivity index (χ4n) is 1.58. The molecule has 1 aromatic carbocycles. The van der Waals surface area contributed by atoms with Gasteiger partial charge in [-0.15, -0.1) is 0 Å². The molecule has 1 aliphatic heterocycles. The minimum Gasteiger partial charge on any atom is -0.389 e. The highest BCUT2D eigenvalue weighted by molar-refractivity contribution is 14.1. The Bertz CT molecular complexity index is 375. The van der Waals surface area contributed by atoms with E-state index in [0.717, 1.165) is 9.13 Å². The lowest BCUT2D eigenvalue weighted by molar-refractivity contribution is -0.140. The Labute approximate surface area is 102 Å². The SMILES string of the molecule is O=C(Cc1ccccc1I)N1CC(O)C1. The Morgan fingerprint density at radius 1 is 1.47 bits per heavy atom. The van der Waals surface area contributed by atoms with E-state index in [4.69, 9.17) is 5.11 Å². The Morgan fingerprint density at radius 3 is 2.73 bits per heavy atom. The topological polar surface area (TPSA) is 40.5 Å². The molecule has 0 atom stereocenters. The standard InChI is InChI=1S/C11H12INO2/c12-10-4-2-1-3-8(10)5-11(15)13-6-9(14)7-13/h1-4,9,14H,5-7H2. The number of aliphatic hydroxyl groups excluding tert-OH is 1. The molecule has 1 N–H and O–H groups in total. The lowest BCUT2D eigenvalue weighted by Gasteiger charge is -2.36. The minimum absolute atomic E-state index is 0.101. The second kappa shape index (κ2) is 4.49. The van der Waals surface area contributed by atoms with Crippen molar-refractivity contribution in [3.63, 3.8) is 0 Å². The summed E-state index contributed by atoms with van der Waals surface area (Å²) >= 11 is 2.23. The highest BCUT2D eigenvalue weighted by Gasteiger charge is 2.28. The van der Waals surface area contributed by atoms with Crippen LogP contribution in [0, 0.1) is 3.57 Å². The molecule has 1 aromatic rings. The molecule has 0 saturated carbocycles. The first-order valence-electron chi connectivity index (χ1n) is 4.86. The van der Waals surface area contributed by atoms with Crippen LogP contribution in [0.2, 0.25) is 0 Å². The molecular formula is C11H12INO2. The van der Waals surface area contributed by atoms with Crippen molar-refractivity contribution < 1.29 is 9.90 Å². The summed E-state index contributed by atoms with van der Waals surface area (Å²) in [6, 6.07) is 7.86. The molecule has 0 radical (unpaired) electrons. The van der Waals surface area contributed by atoms with Gasteiger partial charge in [0.2, 0.25) is 5.91 Å². The van der Waals surface area contributed by atoms with Crippen molar-refractivity contribution in [1.29, 1.82) is 0 Å². The van der Waals surface area contributed by atoms with Crippen molar-refractivity contribution in [1.82, 2.24) is 4.90 Å². The van der Waals surface area contributed by atoms with Gasteiger partial charge < -0.3 is 10.0 Å². The van der Waals surface area contributed by atoms with E-state index in [2.05, 4.69) is 22.6 Å². The van der Waals surface area contributed by atoms with Gasteiger partial charge in [0.15, 0.2) is 0 Å². The number of carbonyl (C=O) groups is 1. The van der Waals surface area contributed by atoms with Crippen LogP contribution in [0.4, 0.5) is 0 Å². The van der Waals surface area contributed by atoms with Crippen LogP contribution in [0.3, 0.4) is 0 Å². The predicted octanol–water partition coefficient (Wildman–Crippen LogP) is 1.04. The number of benzene rings is 1. The van der Waals surface area contributed by atoms with Crippen molar-refractivity contribution in [2.24, 2.45) is 0 Å². The Balaban J connectivity index is 1.97. The van der Waals surface area contributed by atoms with E-state index < -0.39 is 0 Å². The molecule has 1 fully saturated rings. The third-order valence-corrected chi connectivity index (χ3v) is 3.57. The summed E-state index contributed by atoms with van der Waals surface area (Å²) in [5.41, 5.74) is 1.06. The van der Waals surface area contributed by atoms with Gasteiger partial charge >= 0.3 is 0 Å². The molecule has 2 rings (SSSR count). The number of hydrogen-bond donors (Lipinski definition) is 1. The molecule has 1 saturated heterocycles. The molecule has 0 aliphatic carbocycles. The summed E-state index contributed by atoms with van der Waals surface area (Å²) in [5, 5.41) is 9.09.